The standard InChI is InChI=1S/C16H20N4O5S/c1-17-15(22)12-9-19(8-7-18(12)2)14(21)10-20-16(23)11-5-3-4-6-13(11)26(20,24)25/h3-6,12H,7-10H2,1-2H3,(H,17,22)/t12-/m0/s1. The van der Waals surface area contributed by atoms with Crippen molar-refractivity contribution in [1.82, 2.24) is 19.4 Å². The van der Waals surface area contributed by atoms with Gasteiger partial charge in [0, 0.05) is 26.7 Å². The zero-order valence-corrected chi connectivity index (χ0v) is 15.3. The van der Waals surface area contributed by atoms with Gasteiger partial charge in [-0.1, -0.05) is 12.1 Å². The lowest BCUT2D eigenvalue weighted by molar-refractivity contribution is -0.137. The predicted molar refractivity (Wildman–Crippen MR) is 91.7 cm³/mol. The molecule has 2 heterocycles. The smallest absolute Gasteiger partial charge is 0.269 e. The Hall–Kier alpha value is -2.46. The van der Waals surface area contributed by atoms with Gasteiger partial charge in [-0.15, -0.1) is 0 Å². The van der Waals surface area contributed by atoms with Crippen LogP contribution in [0.15, 0.2) is 29.2 Å². The number of nitrogens with one attached hydrogen (secondary N) is 1. The first-order valence-corrected chi connectivity index (χ1v) is 9.57. The van der Waals surface area contributed by atoms with E-state index in [0.29, 0.717) is 17.4 Å². The van der Waals surface area contributed by atoms with E-state index < -0.39 is 34.4 Å². The molecule has 2 aliphatic heterocycles. The molecule has 0 radical (unpaired) electrons. The summed E-state index contributed by atoms with van der Waals surface area (Å²) in [4.78, 5) is 40.1. The van der Waals surface area contributed by atoms with Crippen molar-refractivity contribution in [2.24, 2.45) is 0 Å². The van der Waals surface area contributed by atoms with E-state index in [1.165, 1.54) is 30.1 Å². The summed E-state index contributed by atoms with van der Waals surface area (Å²) in [6.45, 7) is 0.409. The Morgan fingerprint density at radius 3 is 2.58 bits per heavy atom. The lowest BCUT2D eigenvalue weighted by Gasteiger charge is -2.38. The number of rotatable bonds is 3. The maximum Gasteiger partial charge on any atom is 0.269 e. The first-order valence-electron chi connectivity index (χ1n) is 8.13. The molecule has 1 fully saturated rings. The van der Waals surface area contributed by atoms with Crippen molar-refractivity contribution in [2.45, 2.75) is 10.9 Å². The number of hydrogen-bond donors (Lipinski definition) is 1. The molecule has 3 amide bonds. The summed E-state index contributed by atoms with van der Waals surface area (Å²) in [5, 5.41) is 2.55. The molecule has 1 aromatic rings. The van der Waals surface area contributed by atoms with Crippen molar-refractivity contribution in [3.8, 4) is 0 Å². The lowest BCUT2D eigenvalue weighted by Crippen LogP contribution is -2.59. The Labute approximate surface area is 151 Å². The Balaban J connectivity index is 1.77. The monoisotopic (exact) mass is 380 g/mol. The van der Waals surface area contributed by atoms with Gasteiger partial charge in [0.25, 0.3) is 15.9 Å². The summed E-state index contributed by atoms with van der Waals surface area (Å²) in [7, 11) is -0.726. The number of nitrogens with zero attached hydrogens (tertiary/aromatic N) is 3. The highest BCUT2D eigenvalue weighted by Crippen LogP contribution is 2.29. The molecule has 0 saturated carbocycles. The number of benzene rings is 1. The normalized spacial score (nSPS) is 22.2. The molecule has 140 valence electrons. The molecule has 10 heteroatoms. The summed E-state index contributed by atoms with van der Waals surface area (Å²) < 4.78 is 25.7. The first-order chi connectivity index (χ1) is 12.3. The Morgan fingerprint density at radius 1 is 1.23 bits per heavy atom. The molecule has 26 heavy (non-hydrogen) atoms. The molecule has 0 aliphatic carbocycles. The number of sulfonamides is 1. The molecule has 2 aliphatic rings. The maximum atomic E-state index is 12.6. The number of fused-ring (bicyclic) bond motifs is 1. The van der Waals surface area contributed by atoms with Crippen LogP contribution in [0.4, 0.5) is 0 Å². The van der Waals surface area contributed by atoms with Gasteiger partial charge in [0.05, 0.1) is 5.56 Å². The van der Waals surface area contributed by atoms with Crippen molar-refractivity contribution in [3.63, 3.8) is 0 Å². The van der Waals surface area contributed by atoms with Gasteiger partial charge in [0.2, 0.25) is 11.8 Å². The van der Waals surface area contributed by atoms with Crippen molar-refractivity contribution >= 4 is 27.7 Å². The minimum atomic E-state index is -4.03. The van der Waals surface area contributed by atoms with Crippen molar-refractivity contribution in [3.05, 3.63) is 29.8 Å². The van der Waals surface area contributed by atoms with E-state index in [2.05, 4.69) is 5.32 Å². The first kappa shape index (κ1) is 18.3. The Morgan fingerprint density at radius 2 is 1.92 bits per heavy atom. The van der Waals surface area contributed by atoms with Gasteiger partial charge in [-0.3, -0.25) is 19.3 Å². The number of hydrogen-bond acceptors (Lipinski definition) is 6. The molecule has 9 nitrogen and oxygen atoms in total. The Kier molecular flexibility index (Phi) is 4.72. The minimum Gasteiger partial charge on any atom is -0.358 e. The molecular formula is C16H20N4O5S. The second-order valence-electron chi connectivity index (χ2n) is 6.26. The van der Waals surface area contributed by atoms with Crippen molar-refractivity contribution in [2.75, 3.05) is 40.3 Å². The number of piperazine rings is 1. The number of amides is 3. The van der Waals surface area contributed by atoms with Gasteiger partial charge in [0.15, 0.2) is 0 Å². The number of carbonyl (C=O) groups excluding carboxylic acids is 3. The van der Waals surface area contributed by atoms with E-state index in [4.69, 9.17) is 0 Å². The molecule has 0 aromatic heterocycles. The average molecular weight is 380 g/mol. The molecule has 1 aromatic carbocycles. The fraction of sp³-hybridized carbons (Fsp3) is 0.438. The zero-order valence-electron chi connectivity index (χ0n) is 14.5. The van der Waals surface area contributed by atoms with Gasteiger partial charge < -0.3 is 10.2 Å². The lowest BCUT2D eigenvalue weighted by atomic mass is 10.1. The highest BCUT2D eigenvalue weighted by Gasteiger charge is 2.43. The fourth-order valence-corrected chi connectivity index (χ4v) is 4.68. The maximum absolute atomic E-state index is 12.6. The van der Waals surface area contributed by atoms with E-state index in [0.717, 1.165) is 0 Å². The third-order valence-electron chi connectivity index (χ3n) is 4.74. The van der Waals surface area contributed by atoms with E-state index in [1.807, 2.05) is 4.90 Å². The van der Waals surface area contributed by atoms with Gasteiger partial charge >= 0.3 is 0 Å². The van der Waals surface area contributed by atoms with Crippen LogP contribution in [-0.2, 0) is 19.6 Å². The third kappa shape index (κ3) is 2.95. The quantitative estimate of drug-likeness (QED) is 0.700. The predicted octanol–water partition coefficient (Wildman–Crippen LogP) is -1.28. The second kappa shape index (κ2) is 6.69. The highest BCUT2D eigenvalue weighted by atomic mass is 32.2. The SMILES string of the molecule is CNC(=O)[C@@H]1CN(C(=O)CN2C(=O)c3ccccc3S2(=O)=O)CCN1C. The molecule has 1 N–H and O–H groups in total. The van der Waals surface area contributed by atoms with Crippen LogP contribution in [0.3, 0.4) is 0 Å². The number of carbonyl (C=O) groups is 3. The van der Waals surface area contributed by atoms with Gasteiger partial charge in [-0.2, -0.15) is 0 Å². The van der Waals surface area contributed by atoms with Crippen LogP contribution in [0.5, 0.6) is 0 Å². The van der Waals surface area contributed by atoms with Crippen LogP contribution in [0, 0.1) is 0 Å². The summed E-state index contributed by atoms with van der Waals surface area (Å²) in [5.74, 6) is -1.43. The van der Waals surface area contributed by atoms with Crippen molar-refractivity contribution in [1.29, 1.82) is 0 Å². The van der Waals surface area contributed by atoms with E-state index in [-0.39, 0.29) is 22.9 Å². The molecule has 0 bridgehead atoms. The summed E-state index contributed by atoms with van der Waals surface area (Å²) in [6.07, 6.45) is 0. The van der Waals surface area contributed by atoms with Gasteiger partial charge in [0.1, 0.15) is 17.5 Å². The van der Waals surface area contributed by atoms with E-state index in [9.17, 15) is 22.8 Å². The molecular weight excluding hydrogens is 360 g/mol. The molecule has 0 unspecified atom stereocenters. The van der Waals surface area contributed by atoms with Crippen LogP contribution >= 0.6 is 0 Å². The molecule has 0 spiro atoms. The molecule has 1 atom stereocenters. The topological polar surface area (TPSA) is 107 Å². The number of likely N-dealkylation sites (N-methyl/N-ethyl adjacent to an activating group) is 2. The Bertz CT molecular complexity index is 869. The third-order valence-corrected chi connectivity index (χ3v) is 6.53. The fourth-order valence-electron chi connectivity index (χ4n) is 3.16. The van der Waals surface area contributed by atoms with E-state index >= 15 is 0 Å². The largest absolute Gasteiger partial charge is 0.358 e. The summed E-state index contributed by atoms with van der Waals surface area (Å²) >= 11 is 0. The van der Waals surface area contributed by atoms with Crippen LogP contribution in [0.25, 0.3) is 0 Å². The average Bonchev–Trinajstić information content (AvgIpc) is 2.82. The van der Waals surface area contributed by atoms with Crippen LogP contribution < -0.4 is 5.32 Å². The summed E-state index contributed by atoms with van der Waals surface area (Å²) in [5.41, 5.74) is 0.0712. The minimum absolute atomic E-state index is 0.0712. The highest BCUT2D eigenvalue weighted by molar-refractivity contribution is 7.90. The van der Waals surface area contributed by atoms with Crippen LogP contribution in [0.1, 0.15) is 10.4 Å². The van der Waals surface area contributed by atoms with Gasteiger partial charge in [-0.25, -0.2) is 12.7 Å². The second-order valence-corrected chi connectivity index (χ2v) is 8.09. The van der Waals surface area contributed by atoms with Crippen LogP contribution in [0.2, 0.25) is 0 Å². The summed E-state index contributed by atoms with van der Waals surface area (Å²) in [6, 6.07) is 5.37. The van der Waals surface area contributed by atoms with Gasteiger partial charge in [-0.05, 0) is 19.2 Å². The zero-order chi connectivity index (χ0) is 19.1. The molecule has 3 rings (SSSR count). The molecule has 1 saturated heterocycles. The van der Waals surface area contributed by atoms with Crippen molar-refractivity contribution < 1.29 is 22.8 Å². The van der Waals surface area contributed by atoms with Crippen LogP contribution in [-0.4, -0.2) is 86.6 Å². The van der Waals surface area contributed by atoms with E-state index in [1.54, 1.807) is 13.1 Å².